The molecule has 2 rings (SSSR count). The molecule has 0 radical (unpaired) electrons. The average Bonchev–Trinajstić information content (AvgIpc) is 2.98. The van der Waals surface area contributed by atoms with Crippen molar-refractivity contribution in [2.24, 2.45) is 4.99 Å². The number of ether oxygens (including phenoxy) is 3. The lowest BCUT2D eigenvalue weighted by molar-refractivity contribution is 0.0213. The zero-order valence-electron chi connectivity index (χ0n) is 14.7. The van der Waals surface area contributed by atoms with Gasteiger partial charge < -0.3 is 14.2 Å². The number of aliphatic imine (C=N–C) groups is 1. The van der Waals surface area contributed by atoms with Gasteiger partial charge in [0.2, 0.25) is 0 Å². The summed E-state index contributed by atoms with van der Waals surface area (Å²) in [5, 5.41) is 1.04. The maximum Gasteiger partial charge on any atom is 0.189 e. The molecule has 0 fully saturated rings. The molecule has 134 valence electrons. The van der Waals surface area contributed by atoms with Crippen molar-refractivity contribution in [2.45, 2.75) is 38.0 Å². The Morgan fingerprint density at radius 1 is 1.25 bits per heavy atom. The van der Waals surface area contributed by atoms with Crippen LogP contribution >= 0.6 is 23.2 Å². The Morgan fingerprint density at radius 2 is 2.00 bits per heavy atom. The molecule has 1 aromatic carbocycles. The highest BCUT2D eigenvalue weighted by molar-refractivity contribution is 6.76. The molecule has 1 aliphatic rings. The van der Waals surface area contributed by atoms with E-state index in [1.54, 1.807) is 13.2 Å². The number of halogens is 2. The molecule has 0 spiro atoms. The van der Waals surface area contributed by atoms with Crippen LogP contribution in [0.5, 0.6) is 5.75 Å². The van der Waals surface area contributed by atoms with E-state index in [1.807, 2.05) is 6.07 Å². The normalized spacial score (nSPS) is 17.8. The highest BCUT2D eigenvalue weighted by Gasteiger charge is 2.27. The summed E-state index contributed by atoms with van der Waals surface area (Å²) in [6, 6.07) is 4.70. The van der Waals surface area contributed by atoms with Crippen LogP contribution in [0.3, 0.4) is 0 Å². The van der Waals surface area contributed by atoms with E-state index >= 15 is 0 Å². The molecule has 0 bridgehead atoms. The van der Waals surface area contributed by atoms with Crippen molar-refractivity contribution < 1.29 is 14.2 Å². The first-order valence-corrected chi connectivity index (χ1v) is 12.5. The van der Waals surface area contributed by atoms with Gasteiger partial charge in [-0.1, -0.05) is 42.8 Å². The minimum atomic E-state index is -1.10. The van der Waals surface area contributed by atoms with Gasteiger partial charge in [-0.3, -0.25) is 4.99 Å². The standard InChI is InChI=1S/C17H25Cl2NO3Si/c1-21-15-9-12(10-20-15)16-14(6-5-13(18)17(16)19)23-11-22-7-8-24(2,3)4/h5-6,12H,7-11H2,1-4H3. The molecule has 0 aliphatic carbocycles. The fourth-order valence-corrected chi connectivity index (χ4v) is 3.72. The number of methoxy groups -OCH3 is 1. The summed E-state index contributed by atoms with van der Waals surface area (Å²) in [5.74, 6) is 1.55. The van der Waals surface area contributed by atoms with Crippen molar-refractivity contribution in [1.29, 1.82) is 0 Å². The van der Waals surface area contributed by atoms with Gasteiger partial charge in [-0.15, -0.1) is 0 Å². The molecule has 0 amide bonds. The van der Waals surface area contributed by atoms with Crippen LogP contribution in [-0.4, -0.2) is 41.0 Å². The molecule has 1 unspecified atom stereocenters. The lowest BCUT2D eigenvalue weighted by atomic mass is 9.96. The number of rotatable bonds is 7. The van der Waals surface area contributed by atoms with Crippen molar-refractivity contribution >= 4 is 37.2 Å². The number of hydrogen-bond acceptors (Lipinski definition) is 4. The van der Waals surface area contributed by atoms with Crippen LogP contribution in [-0.2, 0) is 9.47 Å². The van der Waals surface area contributed by atoms with E-state index in [4.69, 9.17) is 37.4 Å². The summed E-state index contributed by atoms with van der Waals surface area (Å²) in [5.41, 5.74) is 0.883. The van der Waals surface area contributed by atoms with Gasteiger partial charge in [0.05, 0.1) is 23.7 Å². The summed E-state index contributed by atoms with van der Waals surface area (Å²) in [6.45, 7) is 8.51. The Kier molecular flexibility index (Phi) is 6.98. The molecular formula is C17H25Cl2NO3Si. The van der Waals surface area contributed by atoms with Crippen molar-refractivity contribution in [3.05, 3.63) is 27.7 Å². The minimum absolute atomic E-state index is 0.114. The largest absolute Gasteiger partial charge is 0.484 e. The average molecular weight is 390 g/mol. The second-order valence-corrected chi connectivity index (χ2v) is 13.5. The van der Waals surface area contributed by atoms with Crippen molar-refractivity contribution in [3.8, 4) is 5.75 Å². The first kappa shape index (κ1) is 19.6. The first-order chi connectivity index (χ1) is 11.3. The van der Waals surface area contributed by atoms with E-state index < -0.39 is 8.07 Å². The fraction of sp³-hybridized carbons (Fsp3) is 0.588. The lowest BCUT2D eigenvalue weighted by Gasteiger charge is -2.19. The van der Waals surface area contributed by atoms with E-state index in [1.165, 1.54) is 0 Å². The molecule has 4 nitrogen and oxygen atoms in total. The van der Waals surface area contributed by atoms with Gasteiger partial charge in [-0.2, -0.15) is 0 Å². The Hall–Kier alpha value is -0.753. The minimum Gasteiger partial charge on any atom is -0.484 e. The Balaban J connectivity index is 2.01. The fourth-order valence-electron chi connectivity index (χ4n) is 2.49. The monoisotopic (exact) mass is 389 g/mol. The van der Waals surface area contributed by atoms with E-state index in [9.17, 15) is 0 Å². The molecule has 0 saturated heterocycles. The highest BCUT2D eigenvalue weighted by Crippen LogP contribution is 2.41. The molecule has 0 saturated carbocycles. The highest BCUT2D eigenvalue weighted by atomic mass is 35.5. The second-order valence-electron chi connectivity index (χ2n) is 7.09. The Labute approximate surface area is 155 Å². The van der Waals surface area contributed by atoms with Crippen LogP contribution < -0.4 is 4.74 Å². The summed E-state index contributed by atoms with van der Waals surface area (Å²) in [7, 11) is 0.534. The number of nitrogens with zero attached hydrogens (tertiary/aromatic N) is 1. The van der Waals surface area contributed by atoms with Gasteiger partial charge >= 0.3 is 0 Å². The molecule has 1 aromatic rings. The zero-order valence-corrected chi connectivity index (χ0v) is 17.2. The summed E-state index contributed by atoms with van der Waals surface area (Å²) in [6.07, 6.45) is 0.698. The van der Waals surface area contributed by atoms with Crippen LogP contribution in [0.15, 0.2) is 17.1 Å². The van der Waals surface area contributed by atoms with Gasteiger partial charge in [-0.05, 0) is 18.2 Å². The quantitative estimate of drug-likeness (QED) is 0.364. The van der Waals surface area contributed by atoms with Gasteiger partial charge in [0, 0.05) is 32.6 Å². The molecule has 1 aliphatic heterocycles. The van der Waals surface area contributed by atoms with E-state index in [0.29, 0.717) is 35.4 Å². The third-order valence-corrected chi connectivity index (χ3v) is 6.46. The molecule has 0 N–H and O–H groups in total. The second kappa shape index (κ2) is 8.56. The van der Waals surface area contributed by atoms with Gasteiger partial charge in [0.25, 0.3) is 0 Å². The lowest BCUT2D eigenvalue weighted by Crippen LogP contribution is -2.22. The van der Waals surface area contributed by atoms with Crippen LogP contribution in [0, 0.1) is 0 Å². The third-order valence-electron chi connectivity index (χ3n) is 3.94. The van der Waals surface area contributed by atoms with Gasteiger partial charge in [-0.25, -0.2) is 0 Å². The van der Waals surface area contributed by atoms with E-state index in [0.717, 1.165) is 17.5 Å². The number of hydrogen-bond donors (Lipinski definition) is 0. The Bertz CT molecular complexity index is 602. The van der Waals surface area contributed by atoms with Crippen LogP contribution in [0.4, 0.5) is 0 Å². The van der Waals surface area contributed by atoms with Crippen molar-refractivity contribution in [2.75, 3.05) is 27.1 Å². The first-order valence-electron chi connectivity index (χ1n) is 8.07. The van der Waals surface area contributed by atoms with Crippen molar-refractivity contribution in [3.63, 3.8) is 0 Å². The predicted molar refractivity (Wildman–Crippen MR) is 103 cm³/mol. The van der Waals surface area contributed by atoms with E-state index in [-0.39, 0.29) is 12.7 Å². The predicted octanol–water partition coefficient (Wildman–Crippen LogP) is 5.22. The maximum atomic E-state index is 6.43. The molecule has 7 heteroatoms. The van der Waals surface area contributed by atoms with Crippen LogP contribution in [0.25, 0.3) is 0 Å². The SMILES string of the molecule is COC1=NCC(c2c(OCOCC[Si](C)(C)C)ccc(Cl)c2Cl)C1. The van der Waals surface area contributed by atoms with Gasteiger partial charge in [0.15, 0.2) is 12.7 Å². The summed E-state index contributed by atoms with van der Waals surface area (Å²) < 4.78 is 16.7. The van der Waals surface area contributed by atoms with Crippen molar-refractivity contribution in [1.82, 2.24) is 0 Å². The molecule has 24 heavy (non-hydrogen) atoms. The van der Waals surface area contributed by atoms with E-state index in [2.05, 4.69) is 24.6 Å². The van der Waals surface area contributed by atoms with Gasteiger partial charge in [0.1, 0.15) is 5.75 Å². The topological polar surface area (TPSA) is 40.0 Å². The maximum absolute atomic E-state index is 6.43. The number of benzene rings is 1. The molecular weight excluding hydrogens is 365 g/mol. The zero-order chi connectivity index (χ0) is 17.7. The molecule has 1 heterocycles. The van der Waals surface area contributed by atoms with Crippen LogP contribution in [0.2, 0.25) is 35.7 Å². The molecule has 1 atom stereocenters. The smallest absolute Gasteiger partial charge is 0.189 e. The third kappa shape index (κ3) is 5.38. The molecule has 0 aromatic heterocycles. The van der Waals surface area contributed by atoms with Crippen LogP contribution in [0.1, 0.15) is 17.9 Å². The summed E-state index contributed by atoms with van der Waals surface area (Å²) >= 11 is 12.6. The summed E-state index contributed by atoms with van der Waals surface area (Å²) in [4.78, 5) is 4.37. The Morgan fingerprint density at radius 3 is 2.62 bits per heavy atom.